The second-order valence-corrected chi connectivity index (χ2v) is 4.08. The lowest BCUT2D eigenvalue weighted by Gasteiger charge is -2.00. The predicted molar refractivity (Wildman–Crippen MR) is 69.1 cm³/mol. The second kappa shape index (κ2) is 6.18. The van der Waals surface area contributed by atoms with Gasteiger partial charge >= 0.3 is 5.97 Å². The average molecular weight is 262 g/mol. The van der Waals surface area contributed by atoms with E-state index in [0.717, 1.165) is 5.56 Å². The normalized spacial score (nSPS) is 10.4. The van der Waals surface area contributed by atoms with Crippen molar-refractivity contribution in [3.05, 3.63) is 48.0 Å². The molecule has 0 aliphatic heterocycles. The van der Waals surface area contributed by atoms with E-state index in [4.69, 9.17) is 9.15 Å². The van der Waals surface area contributed by atoms with Crippen molar-refractivity contribution < 1.29 is 18.3 Å². The maximum Gasteiger partial charge on any atom is 0.306 e. The van der Waals surface area contributed by atoms with E-state index in [9.17, 15) is 9.18 Å². The summed E-state index contributed by atoms with van der Waals surface area (Å²) in [6.45, 7) is 2.16. The molecule has 0 aliphatic rings. The Balaban J connectivity index is 1.99. The van der Waals surface area contributed by atoms with E-state index >= 15 is 0 Å². The summed E-state index contributed by atoms with van der Waals surface area (Å²) < 4.78 is 23.3. The third kappa shape index (κ3) is 3.68. The summed E-state index contributed by atoms with van der Waals surface area (Å²) in [5.74, 6) is 0.867. The first-order valence-corrected chi connectivity index (χ1v) is 6.19. The van der Waals surface area contributed by atoms with Gasteiger partial charge < -0.3 is 9.15 Å². The number of aryl methyl sites for hydroxylation is 1. The van der Waals surface area contributed by atoms with Crippen molar-refractivity contribution in [2.45, 2.75) is 19.8 Å². The first kappa shape index (κ1) is 13.3. The van der Waals surface area contributed by atoms with Crippen LogP contribution in [0.2, 0.25) is 0 Å². The van der Waals surface area contributed by atoms with Crippen LogP contribution in [0.15, 0.2) is 40.8 Å². The zero-order chi connectivity index (χ0) is 13.7. The zero-order valence-electron chi connectivity index (χ0n) is 10.7. The maximum atomic E-state index is 12.8. The first-order valence-electron chi connectivity index (χ1n) is 6.19. The lowest BCUT2D eigenvalue weighted by molar-refractivity contribution is -0.143. The zero-order valence-corrected chi connectivity index (χ0v) is 10.7. The predicted octanol–water partition coefficient (Wildman–Crippen LogP) is 3.58. The van der Waals surface area contributed by atoms with Gasteiger partial charge in [-0.25, -0.2) is 4.39 Å². The summed E-state index contributed by atoms with van der Waals surface area (Å²) in [7, 11) is 0. The molecule has 0 bridgehead atoms. The van der Waals surface area contributed by atoms with Crippen molar-refractivity contribution in [2.75, 3.05) is 6.61 Å². The van der Waals surface area contributed by atoms with Crippen LogP contribution in [0.25, 0.3) is 11.3 Å². The number of carbonyl (C=O) groups is 1. The van der Waals surface area contributed by atoms with E-state index in [-0.39, 0.29) is 11.8 Å². The van der Waals surface area contributed by atoms with Crippen molar-refractivity contribution in [3.63, 3.8) is 0 Å². The van der Waals surface area contributed by atoms with E-state index in [1.54, 1.807) is 19.1 Å². The van der Waals surface area contributed by atoms with Gasteiger partial charge in [-0.1, -0.05) is 0 Å². The van der Waals surface area contributed by atoms with Gasteiger partial charge in [0, 0.05) is 12.0 Å². The Labute approximate surface area is 111 Å². The Hall–Kier alpha value is -2.10. The summed E-state index contributed by atoms with van der Waals surface area (Å²) >= 11 is 0. The highest BCUT2D eigenvalue weighted by Crippen LogP contribution is 2.23. The Kier molecular flexibility index (Phi) is 4.34. The second-order valence-electron chi connectivity index (χ2n) is 4.08. The molecule has 1 aromatic heterocycles. The van der Waals surface area contributed by atoms with Gasteiger partial charge in [-0.05, 0) is 43.3 Å². The third-order valence-electron chi connectivity index (χ3n) is 2.67. The van der Waals surface area contributed by atoms with Gasteiger partial charge in [0.1, 0.15) is 17.3 Å². The fourth-order valence-corrected chi connectivity index (χ4v) is 1.74. The fourth-order valence-electron chi connectivity index (χ4n) is 1.74. The molecular formula is C15H15FO3. The molecule has 0 fully saturated rings. The number of ether oxygens (including phenoxy) is 1. The molecule has 0 unspecified atom stereocenters. The van der Waals surface area contributed by atoms with Gasteiger partial charge in [-0.15, -0.1) is 0 Å². The van der Waals surface area contributed by atoms with Crippen LogP contribution < -0.4 is 0 Å². The minimum Gasteiger partial charge on any atom is -0.466 e. The number of hydrogen-bond donors (Lipinski definition) is 0. The van der Waals surface area contributed by atoms with Crippen molar-refractivity contribution >= 4 is 5.97 Å². The first-order chi connectivity index (χ1) is 9.19. The number of rotatable bonds is 5. The molecule has 0 saturated heterocycles. The highest BCUT2D eigenvalue weighted by atomic mass is 19.1. The summed E-state index contributed by atoms with van der Waals surface area (Å²) in [5.41, 5.74) is 0.809. The van der Waals surface area contributed by atoms with Crippen LogP contribution >= 0.6 is 0 Å². The van der Waals surface area contributed by atoms with E-state index in [1.165, 1.54) is 12.1 Å². The number of carbonyl (C=O) groups excluding carboxylic acids is 1. The number of benzene rings is 1. The van der Waals surface area contributed by atoms with Gasteiger partial charge in [0.15, 0.2) is 0 Å². The van der Waals surface area contributed by atoms with Crippen LogP contribution in [-0.2, 0) is 16.0 Å². The van der Waals surface area contributed by atoms with E-state index < -0.39 is 0 Å². The largest absolute Gasteiger partial charge is 0.466 e. The molecule has 0 amide bonds. The molecule has 0 atom stereocenters. The highest BCUT2D eigenvalue weighted by molar-refractivity contribution is 5.69. The van der Waals surface area contributed by atoms with Gasteiger partial charge in [-0.2, -0.15) is 0 Å². The van der Waals surface area contributed by atoms with E-state index in [1.807, 2.05) is 12.1 Å². The molecule has 0 saturated carbocycles. The molecule has 100 valence electrons. The summed E-state index contributed by atoms with van der Waals surface area (Å²) in [4.78, 5) is 11.2. The van der Waals surface area contributed by atoms with Crippen molar-refractivity contribution in [2.24, 2.45) is 0 Å². The van der Waals surface area contributed by atoms with Crippen molar-refractivity contribution in [1.29, 1.82) is 0 Å². The molecule has 19 heavy (non-hydrogen) atoms. The summed E-state index contributed by atoms with van der Waals surface area (Å²) in [6, 6.07) is 9.71. The Morgan fingerprint density at radius 2 is 1.95 bits per heavy atom. The molecule has 2 aromatic rings. The SMILES string of the molecule is CCOC(=O)CCc1ccc(-c2ccc(F)cc2)o1. The van der Waals surface area contributed by atoms with Crippen LogP contribution in [-0.4, -0.2) is 12.6 Å². The van der Waals surface area contributed by atoms with Gasteiger partial charge in [0.05, 0.1) is 13.0 Å². The minimum absolute atomic E-state index is 0.234. The van der Waals surface area contributed by atoms with Crippen molar-refractivity contribution in [3.8, 4) is 11.3 Å². The van der Waals surface area contributed by atoms with Crippen LogP contribution in [0.1, 0.15) is 19.1 Å². The lowest BCUT2D eigenvalue weighted by atomic mass is 10.2. The van der Waals surface area contributed by atoms with Crippen LogP contribution in [0.4, 0.5) is 4.39 Å². The number of hydrogen-bond acceptors (Lipinski definition) is 3. The van der Waals surface area contributed by atoms with Crippen LogP contribution in [0, 0.1) is 5.82 Å². The van der Waals surface area contributed by atoms with Gasteiger partial charge in [-0.3, -0.25) is 4.79 Å². The standard InChI is InChI=1S/C15H15FO3/c1-2-18-15(17)10-8-13-7-9-14(19-13)11-3-5-12(16)6-4-11/h3-7,9H,2,8,10H2,1H3. The quantitative estimate of drug-likeness (QED) is 0.773. The molecule has 1 heterocycles. The van der Waals surface area contributed by atoms with E-state index in [2.05, 4.69) is 0 Å². The maximum absolute atomic E-state index is 12.8. The van der Waals surface area contributed by atoms with Gasteiger partial charge in [0.25, 0.3) is 0 Å². The lowest BCUT2D eigenvalue weighted by Crippen LogP contribution is -2.04. The molecule has 0 N–H and O–H groups in total. The Morgan fingerprint density at radius 3 is 2.63 bits per heavy atom. The van der Waals surface area contributed by atoms with E-state index in [0.29, 0.717) is 31.0 Å². The third-order valence-corrected chi connectivity index (χ3v) is 2.67. The van der Waals surface area contributed by atoms with Crippen molar-refractivity contribution in [1.82, 2.24) is 0 Å². The van der Waals surface area contributed by atoms with Crippen LogP contribution in [0.5, 0.6) is 0 Å². The summed E-state index contributed by atoms with van der Waals surface area (Å²) in [6.07, 6.45) is 0.796. The van der Waals surface area contributed by atoms with Gasteiger partial charge in [0.2, 0.25) is 0 Å². The molecule has 2 rings (SSSR count). The minimum atomic E-state index is -0.280. The average Bonchev–Trinajstić information content (AvgIpc) is 2.86. The fraction of sp³-hybridized carbons (Fsp3) is 0.267. The molecule has 3 nitrogen and oxygen atoms in total. The molecular weight excluding hydrogens is 247 g/mol. The Morgan fingerprint density at radius 1 is 1.21 bits per heavy atom. The van der Waals surface area contributed by atoms with Crippen LogP contribution in [0.3, 0.4) is 0 Å². The molecule has 0 spiro atoms. The molecule has 1 aromatic carbocycles. The molecule has 4 heteroatoms. The number of halogens is 1. The number of furan rings is 1. The summed E-state index contributed by atoms with van der Waals surface area (Å²) in [5, 5.41) is 0. The molecule has 0 aliphatic carbocycles. The number of esters is 1. The monoisotopic (exact) mass is 262 g/mol. The smallest absolute Gasteiger partial charge is 0.306 e. The topological polar surface area (TPSA) is 39.4 Å². The Bertz CT molecular complexity index is 543. The molecule has 0 radical (unpaired) electrons. The highest BCUT2D eigenvalue weighted by Gasteiger charge is 2.08.